The fraction of sp³-hybridized carbons (Fsp3) is 0.733. The Bertz CT molecular complexity index is 452. The highest BCUT2D eigenvalue weighted by molar-refractivity contribution is 7.13. The van der Waals surface area contributed by atoms with Crippen molar-refractivity contribution >= 4 is 22.3 Å². The Labute approximate surface area is 119 Å². The first-order chi connectivity index (χ1) is 9.19. The molecule has 2 fully saturated rings. The summed E-state index contributed by atoms with van der Waals surface area (Å²) in [5, 5.41) is 2.93. The zero-order valence-electron chi connectivity index (χ0n) is 11.7. The molecule has 1 aromatic rings. The Morgan fingerprint density at radius 3 is 2.47 bits per heavy atom. The monoisotopic (exact) mass is 278 g/mol. The van der Waals surface area contributed by atoms with E-state index in [1.165, 1.54) is 44.9 Å². The fourth-order valence-corrected chi connectivity index (χ4v) is 4.46. The maximum absolute atomic E-state index is 11.3. The van der Waals surface area contributed by atoms with Gasteiger partial charge in [-0.1, -0.05) is 19.3 Å². The van der Waals surface area contributed by atoms with E-state index in [1.54, 1.807) is 18.3 Å². The second kappa shape index (κ2) is 5.23. The molecule has 0 atom stereocenters. The summed E-state index contributed by atoms with van der Waals surface area (Å²) in [7, 11) is 0. The average Bonchev–Trinajstić information content (AvgIpc) is 2.90. The van der Waals surface area contributed by atoms with Gasteiger partial charge in [0.05, 0.1) is 0 Å². The van der Waals surface area contributed by atoms with E-state index in [0.29, 0.717) is 11.1 Å². The standard InChI is InChI=1S/C15H22N2OS/c1-12(18)13-11-19-14(16-13)17-9-7-15(8-10-17)5-3-2-4-6-15/h11H,2-10H2,1H3. The molecule has 0 radical (unpaired) electrons. The summed E-state index contributed by atoms with van der Waals surface area (Å²) in [6.45, 7) is 3.82. The van der Waals surface area contributed by atoms with Crippen molar-refractivity contribution in [2.75, 3.05) is 18.0 Å². The summed E-state index contributed by atoms with van der Waals surface area (Å²) >= 11 is 1.61. The van der Waals surface area contributed by atoms with E-state index in [2.05, 4.69) is 9.88 Å². The Morgan fingerprint density at radius 1 is 1.21 bits per heavy atom. The SMILES string of the molecule is CC(=O)c1csc(N2CCC3(CCCCC3)CC2)n1. The second-order valence-corrected chi connectivity index (χ2v) is 6.96. The van der Waals surface area contributed by atoms with Crippen molar-refractivity contribution in [3.63, 3.8) is 0 Å². The Hall–Kier alpha value is -0.900. The first kappa shape index (κ1) is 13.1. The highest BCUT2D eigenvalue weighted by Gasteiger charge is 2.36. The summed E-state index contributed by atoms with van der Waals surface area (Å²) in [5.41, 5.74) is 1.26. The molecule has 1 aliphatic heterocycles. The van der Waals surface area contributed by atoms with Crippen LogP contribution in [0, 0.1) is 5.41 Å². The van der Waals surface area contributed by atoms with Crippen LogP contribution in [0.5, 0.6) is 0 Å². The van der Waals surface area contributed by atoms with Crippen LogP contribution in [0.3, 0.4) is 0 Å². The molecule has 3 rings (SSSR count). The molecular formula is C15H22N2OS. The van der Waals surface area contributed by atoms with Crippen LogP contribution < -0.4 is 4.90 Å². The van der Waals surface area contributed by atoms with Gasteiger partial charge in [-0.2, -0.15) is 0 Å². The van der Waals surface area contributed by atoms with Crippen molar-refractivity contribution in [2.45, 2.75) is 51.9 Å². The van der Waals surface area contributed by atoms with Gasteiger partial charge in [-0.05, 0) is 31.1 Å². The van der Waals surface area contributed by atoms with Gasteiger partial charge in [0.15, 0.2) is 10.9 Å². The van der Waals surface area contributed by atoms with E-state index in [1.807, 2.05) is 5.38 Å². The molecule has 1 spiro atoms. The number of carbonyl (C=O) groups excluding carboxylic acids is 1. The number of Topliss-reactive ketones (excluding diaryl/α,β-unsaturated/α-hetero) is 1. The molecule has 0 unspecified atom stereocenters. The van der Waals surface area contributed by atoms with Crippen LogP contribution in [0.2, 0.25) is 0 Å². The van der Waals surface area contributed by atoms with Crippen LogP contribution in [0.1, 0.15) is 62.4 Å². The quantitative estimate of drug-likeness (QED) is 0.769. The van der Waals surface area contributed by atoms with Gasteiger partial charge in [0.1, 0.15) is 5.69 Å². The minimum absolute atomic E-state index is 0.0725. The number of hydrogen-bond acceptors (Lipinski definition) is 4. The summed E-state index contributed by atoms with van der Waals surface area (Å²) in [6, 6.07) is 0. The number of nitrogens with zero attached hydrogens (tertiary/aromatic N) is 2. The molecule has 19 heavy (non-hydrogen) atoms. The molecule has 4 heteroatoms. The van der Waals surface area contributed by atoms with Crippen molar-refractivity contribution in [1.29, 1.82) is 0 Å². The van der Waals surface area contributed by atoms with Gasteiger partial charge in [-0.15, -0.1) is 11.3 Å². The zero-order chi connectivity index (χ0) is 13.3. The Kier molecular flexibility index (Phi) is 3.61. The van der Waals surface area contributed by atoms with E-state index < -0.39 is 0 Å². The first-order valence-electron chi connectivity index (χ1n) is 7.40. The van der Waals surface area contributed by atoms with Gasteiger partial charge < -0.3 is 4.90 Å². The molecular weight excluding hydrogens is 256 g/mol. The summed E-state index contributed by atoms with van der Waals surface area (Å²) in [4.78, 5) is 18.1. The van der Waals surface area contributed by atoms with E-state index in [9.17, 15) is 4.79 Å². The second-order valence-electron chi connectivity index (χ2n) is 6.12. The number of ketones is 1. The molecule has 1 saturated heterocycles. The van der Waals surface area contributed by atoms with Gasteiger partial charge in [0.25, 0.3) is 0 Å². The van der Waals surface area contributed by atoms with Crippen LogP contribution in [0.15, 0.2) is 5.38 Å². The van der Waals surface area contributed by atoms with Crippen molar-refractivity contribution < 1.29 is 4.79 Å². The smallest absolute Gasteiger partial charge is 0.185 e. The highest BCUT2D eigenvalue weighted by atomic mass is 32.1. The molecule has 0 N–H and O–H groups in total. The third-order valence-electron chi connectivity index (χ3n) is 4.86. The summed E-state index contributed by atoms with van der Waals surface area (Å²) in [5.74, 6) is 0.0725. The molecule has 0 amide bonds. The molecule has 0 bridgehead atoms. The lowest BCUT2D eigenvalue weighted by molar-refractivity contribution is 0.101. The number of hydrogen-bond donors (Lipinski definition) is 0. The number of thiazole rings is 1. The molecule has 104 valence electrons. The maximum Gasteiger partial charge on any atom is 0.185 e. The van der Waals surface area contributed by atoms with Gasteiger partial charge >= 0.3 is 0 Å². The number of piperidine rings is 1. The zero-order valence-corrected chi connectivity index (χ0v) is 12.5. The van der Waals surface area contributed by atoms with Crippen LogP contribution in [-0.4, -0.2) is 23.9 Å². The molecule has 1 saturated carbocycles. The predicted octanol–water partition coefficient (Wildman–Crippen LogP) is 3.90. The molecule has 2 heterocycles. The topological polar surface area (TPSA) is 33.2 Å². The van der Waals surface area contributed by atoms with Crippen LogP contribution >= 0.6 is 11.3 Å². The molecule has 1 aliphatic carbocycles. The molecule has 3 nitrogen and oxygen atoms in total. The number of aromatic nitrogens is 1. The predicted molar refractivity (Wildman–Crippen MR) is 79.1 cm³/mol. The number of anilines is 1. The third-order valence-corrected chi connectivity index (χ3v) is 5.76. The first-order valence-corrected chi connectivity index (χ1v) is 8.28. The van der Waals surface area contributed by atoms with E-state index in [4.69, 9.17) is 0 Å². The number of carbonyl (C=O) groups is 1. The lowest BCUT2D eigenvalue weighted by atomic mass is 9.68. The lowest BCUT2D eigenvalue weighted by Crippen LogP contribution is -2.41. The van der Waals surface area contributed by atoms with Crippen LogP contribution in [0.25, 0.3) is 0 Å². The minimum Gasteiger partial charge on any atom is -0.348 e. The van der Waals surface area contributed by atoms with Gasteiger partial charge in [0.2, 0.25) is 0 Å². The van der Waals surface area contributed by atoms with Crippen LogP contribution in [-0.2, 0) is 0 Å². The van der Waals surface area contributed by atoms with Crippen LogP contribution in [0.4, 0.5) is 5.13 Å². The summed E-state index contributed by atoms with van der Waals surface area (Å²) < 4.78 is 0. The number of rotatable bonds is 2. The largest absolute Gasteiger partial charge is 0.348 e. The normalized spacial score (nSPS) is 22.7. The van der Waals surface area contributed by atoms with E-state index >= 15 is 0 Å². The minimum atomic E-state index is 0.0725. The Balaban J connectivity index is 1.64. The molecule has 2 aliphatic rings. The van der Waals surface area contributed by atoms with E-state index in [0.717, 1.165) is 18.2 Å². The molecule has 1 aromatic heterocycles. The van der Waals surface area contributed by atoms with Gasteiger partial charge in [-0.3, -0.25) is 4.79 Å². The van der Waals surface area contributed by atoms with E-state index in [-0.39, 0.29) is 5.78 Å². The van der Waals surface area contributed by atoms with Crippen molar-refractivity contribution in [2.24, 2.45) is 5.41 Å². The van der Waals surface area contributed by atoms with Crippen molar-refractivity contribution in [3.8, 4) is 0 Å². The summed E-state index contributed by atoms with van der Waals surface area (Å²) in [6.07, 6.45) is 9.75. The van der Waals surface area contributed by atoms with Crippen molar-refractivity contribution in [3.05, 3.63) is 11.1 Å². The Morgan fingerprint density at radius 2 is 1.89 bits per heavy atom. The maximum atomic E-state index is 11.3. The van der Waals surface area contributed by atoms with Gasteiger partial charge in [-0.25, -0.2) is 4.98 Å². The lowest BCUT2D eigenvalue weighted by Gasteiger charge is -2.44. The fourth-order valence-electron chi connectivity index (χ4n) is 3.55. The van der Waals surface area contributed by atoms with Gasteiger partial charge in [0, 0.05) is 25.4 Å². The highest BCUT2D eigenvalue weighted by Crippen LogP contribution is 2.45. The van der Waals surface area contributed by atoms with Crippen molar-refractivity contribution in [1.82, 2.24) is 4.98 Å². The third kappa shape index (κ3) is 2.69. The molecule has 0 aromatic carbocycles. The average molecular weight is 278 g/mol.